The first-order valence-corrected chi connectivity index (χ1v) is 8.81. The number of carbonyl (C=O) groups is 3. The number of ether oxygens (including phenoxy) is 3. The van der Waals surface area contributed by atoms with Gasteiger partial charge in [-0.25, -0.2) is 9.59 Å². The van der Waals surface area contributed by atoms with Crippen molar-refractivity contribution < 1.29 is 28.6 Å². The van der Waals surface area contributed by atoms with Gasteiger partial charge in [-0.15, -0.1) is 0 Å². The van der Waals surface area contributed by atoms with Gasteiger partial charge in [0.1, 0.15) is 11.8 Å². The van der Waals surface area contributed by atoms with Crippen LogP contribution in [0.25, 0.3) is 0 Å². The summed E-state index contributed by atoms with van der Waals surface area (Å²) in [6.45, 7) is -0.950. The summed E-state index contributed by atoms with van der Waals surface area (Å²) in [5, 5.41) is 2.86. The van der Waals surface area contributed by atoms with Crippen molar-refractivity contribution >= 4 is 29.4 Å². The molecule has 28 heavy (non-hydrogen) atoms. The molecule has 0 radical (unpaired) electrons. The predicted octanol–water partition coefficient (Wildman–Crippen LogP) is 2.16. The molecule has 0 bridgehead atoms. The number of hydrogen-bond donors (Lipinski definition) is 1. The first-order valence-electron chi connectivity index (χ1n) is 8.43. The minimum atomic E-state index is -0.891. The van der Waals surface area contributed by atoms with E-state index in [4.69, 9.17) is 25.8 Å². The van der Waals surface area contributed by atoms with Crippen molar-refractivity contribution in [1.29, 1.82) is 0 Å². The van der Waals surface area contributed by atoms with Gasteiger partial charge in [0.15, 0.2) is 13.2 Å². The molecular weight excluding hydrogens is 386 g/mol. The van der Waals surface area contributed by atoms with E-state index in [1.165, 1.54) is 7.11 Å². The second-order valence-corrected chi connectivity index (χ2v) is 6.12. The van der Waals surface area contributed by atoms with Crippen molar-refractivity contribution in [3.8, 4) is 5.75 Å². The number of rotatable bonds is 9. The van der Waals surface area contributed by atoms with Gasteiger partial charge in [0, 0.05) is 6.42 Å². The van der Waals surface area contributed by atoms with Crippen molar-refractivity contribution in [1.82, 2.24) is 5.32 Å². The van der Waals surface area contributed by atoms with Crippen molar-refractivity contribution in [2.75, 3.05) is 20.3 Å². The molecule has 0 saturated carbocycles. The largest absolute Gasteiger partial charge is 0.480 e. The molecule has 0 aliphatic rings. The summed E-state index contributed by atoms with van der Waals surface area (Å²) in [5.41, 5.74) is 0.850. The van der Waals surface area contributed by atoms with Crippen molar-refractivity contribution in [3.63, 3.8) is 0 Å². The number of benzene rings is 2. The highest BCUT2D eigenvalue weighted by atomic mass is 35.5. The van der Waals surface area contributed by atoms with Gasteiger partial charge in [-0.05, 0) is 17.7 Å². The third kappa shape index (κ3) is 6.92. The number of para-hydroxylation sites is 1. The lowest BCUT2D eigenvalue weighted by atomic mass is 10.1. The lowest BCUT2D eigenvalue weighted by molar-refractivity contribution is -0.151. The first-order chi connectivity index (χ1) is 13.5. The molecule has 1 amide bonds. The molecular formula is C20H20ClNO6. The minimum absolute atomic E-state index is 0.253. The normalized spacial score (nSPS) is 11.2. The number of methoxy groups -OCH3 is 1. The Hall–Kier alpha value is -3.06. The quantitative estimate of drug-likeness (QED) is 0.643. The maximum atomic E-state index is 12.0. The van der Waals surface area contributed by atoms with Gasteiger partial charge in [-0.3, -0.25) is 4.79 Å². The van der Waals surface area contributed by atoms with E-state index in [1.54, 1.807) is 24.3 Å². The van der Waals surface area contributed by atoms with Crippen molar-refractivity contribution in [2.45, 2.75) is 12.5 Å². The molecule has 0 fully saturated rings. The van der Waals surface area contributed by atoms with Gasteiger partial charge in [0.25, 0.3) is 5.91 Å². The highest BCUT2D eigenvalue weighted by Gasteiger charge is 2.22. The number of halogens is 1. The van der Waals surface area contributed by atoms with Crippen LogP contribution in [0, 0.1) is 0 Å². The molecule has 0 aliphatic heterocycles. The van der Waals surface area contributed by atoms with Crippen LogP contribution in [0.3, 0.4) is 0 Å². The lowest BCUT2D eigenvalue weighted by Crippen LogP contribution is -2.44. The highest BCUT2D eigenvalue weighted by Crippen LogP contribution is 2.22. The van der Waals surface area contributed by atoms with Crippen molar-refractivity contribution in [3.05, 3.63) is 65.2 Å². The van der Waals surface area contributed by atoms with Crippen LogP contribution in [0.4, 0.5) is 0 Å². The van der Waals surface area contributed by atoms with Gasteiger partial charge >= 0.3 is 11.9 Å². The van der Waals surface area contributed by atoms with E-state index in [0.29, 0.717) is 10.8 Å². The Bertz CT molecular complexity index is 811. The second-order valence-electron chi connectivity index (χ2n) is 5.71. The van der Waals surface area contributed by atoms with Crippen LogP contribution >= 0.6 is 11.6 Å². The summed E-state index contributed by atoms with van der Waals surface area (Å²) >= 11 is 5.92. The molecule has 2 aromatic carbocycles. The van der Waals surface area contributed by atoms with E-state index in [2.05, 4.69) is 5.32 Å². The Morgan fingerprint density at radius 1 is 1.00 bits per heavy atom. The van der Waals surface area contributed by atoms with Gasteiger partial charge in [0.2, 0.25) is 0 Å². The fourth-order valence-electron chi connectivity index (χ4n) is 2.31. The molecule has 8 heteroatoms. The number of hydrogen-bond acceptors (Lipinski definition) is 6. The van der Waals surface area contributed by atoms with E-state index < -0.39 is 37.1 Å². The SMILES string of the molecule is COC(=O)[C@@H](Cc1ccccc1)NC(=O)COC(=O)COc1ccccc1Cl. The van der Waals surface area contributed by atoms with E-state index in [1.807, 2.05) is 30.3 Å². The topological polar surface area (TPSA) is 90.9 Å². The summed E-state index contributed by atoms with van der Waals surface area (Å²) < 4.78 is 14.8. The van der Waals surface area contributed by atoms with Crippen molar-refractivity contribution in [2.24, 2.45) is 0 Å². The molecule has 0 unspecified atom stereocenters. The van der Waals surface area contributed by atoms with Gasteiger partial charge < -0.3 is 19.5 Å². The molecule has 2 rings (SSSR count). The predicted molar refractivity (Wildman–Crippen MR) is 102 cm³/mol. The average Bonchev–Trinajstić information content (AvgIpc) is 2.71. The van der Waals surface area contributed by atoms with Gasteiger partial charge in [0.05, 0.1) is 12.1 Å². The standard InChI is InChI=1S/C20H20ClNO6/c1-26-20(25)16(11-14-7-3-2-4-8-14)22-18(23)12-28-19(24)13-27-17-10-6-5-9-15(17)21/h2-10,16H,11-13H2,1H3,(H,22,23)/t16-/m1/s1. The fraction of sp³-hybridized carbons (Fsp3) is 0.250. The second kappa shape index (κ2) is 10.9. The van der Waals surface area contributed by atoms with Crippen LogP contribution in [0.1, 0.15) is 5.56 Å². The van der Waals surface area contributed by atoms with E-state index in [0.717, 1.165) is 5.56 Å². The number of amides is 1. The summed E-state index contributed by atoms with van der Waals surface area (Å²) in [6.07, 6.45) is 0.253. The monoisotopic (exact) mass is 405 g/mol. The number of nitrogens with one attached hydrogen (secondary N) is 1. The van der Waals surface area contributed by atoms with Crippen LogP contribution in [0.2, 0.25) is 5.02 Å². The van der Waals surface area contributed by atoms with E-state index >= 15 is 0 Å². The molecule has 2 aromatic rings. The summed E-state index contributed by atoms with van der Waals surface area (Å²) in [5.74, 6) is -1.63. The Morgan fingerprint density at radius 2 is 1.68 bits per heavy atom. The molecule has 0 aliphatic carbocycles. The zero-order valence-electron chi connectivity index (χ0n) is 15.2. The molecule has 7 nitrogen and oxygen atoms in total. The van der Waals surface area contributed by atoms with E-state index in [9.17, 15) is 14.4 Å². The fourth-order valence-corrected chi connectivity index (χ4v) is 2.50. The smallest absolute Gasteiger partial charge is 0.344 e. The van der Waals surface area contributed by atoms with Gasteiger partial charge in [-0.2, -0.15) is 0 Å². The zero-order chi connectivity index (χ0) is 20.4. The zero-order valence-corrected chi connectivity index (χ0v) is 16.0. The third-order valence-corrected chi connectivity index (χ3v) is 3.96. The molecule has 148 valence electrons. The third-order valence-electron chi connectivity index (χ3n) is 3.65. The van der Waals surface area contributed by atoms with Crippen LogP contribution in [0.5, 0.6) is 5.75 Å². The molecule has 0 saturated heterocycles. The van der Waals surface area contributed by atoms with Crippen LogP contribution in [-0.2, 0) is 30.3 Å². The van der Waals surface area contributed by atoms with Gasteiger partial charge in [-0.1, -0.05) is 54.1 Å². The first kappa shape index (κ1) is 21.2. The molecule has 0 spiro atoms. The Labute approximate surface area is 167 Å². The molecule has 1 N–H and O–H groups in total. The summed E-state index contributed by atoms with van der Waals surface area (Å²) in [7, 11) is 1.23. The maximum Gasteiger partial charge on any atom is 0.344 e. The molecule has 0 aromatic heterocycles. The molecule has 0 heterocycles. The minimum Gasteiger partial charge on any atom is -0.480 e. The summed E-state index contributed by atoms with van der Waals surface area (Å²) in [6, 6.07) is 14.9. The molecule has 1 atom stereocenters. The van der Waals surface area contributed by atoms with Crippen LogP contribution in [-0.4, -0.2) is 44.2 Å². The lowest BCUT2D eigenvalue weighted by Gasteiger charge is -2.16. The Kier molecular flexibility index (Phi) is 8.30. The maximum absolute atomic E-state index is 12.0. The number of esters is 2. The van der Waals surface area contributed by atoms with Crippen LogP contribution < -0.4 is 10.1 Å². The average molecular weight is 406 g/mol. The summed E-state index contributed by atoms with van der Waals surface area (Å²) in [4.78, 5) is 35.7. The Morgan fingerprint density at radius 3 is 2.36 bits per heavy atom. The highest BCUT2D eigenvalue weighted by molar-refractivity contribution is 6.32. The Balaban J connectivity index is 1.80. The van der Waals surface area contributed by atoms with Crippen LogP contribution in [0.15, 0.2) is 54.6 Å². The number of carbonyl (C=O) groups excluding carboxylic acids is 3. The van der Waals surface area contributed by atoms with E-state index in [-0.39, 0.29) is 6.42 Å².